The van der Waals surface area contributed by atoms with Crippen LogP contribution in [0.15, 0.2) is 56.6 Å². The molecular weight excluding hydrogens is 380 g/mol. The first-order valence-corrected chi connectivity index (χ1v) is 10.7. The first kappa shape index (κ1) is 18.8. The van der Waals surface area contributed by atoms with Crippen LogP contribution >= 0.6 is 0 Å². The Balaban J connectivity index is 1.68. The number of nitrogens with zero attached hydrogens (tertiary/aromatic N) is 2. The molecule has 1 atom stereocenters. The maximum absolute atomic E-state index is 13.3. The van der Waals surface area contributed by atoms with E-state index in [4.69, 9.17) is 9.15 Å². The van der Waals surface area contributed by atoms with Crippen molar-refractivity contribution in [2.24, 2.45) is 7.05 Å². The fourth-order valence-electron chi connectivity index (χ4n) is 3.72. The van der Waals surface area contributed by atoms with Gasteiger partial charge in [0.1, 0.15) is 5.75 Å². The van der Waals surface area contributed by atoms with Gasteiger partial charge in [-0.15, -0.1) is 0 Å². The molecule has 2 heterocycles. The lowest BCUT2D eigenvalue weighted by Crippen LogP contribution is -2.30. The number of hydrogen-bond donors (Lipinski definition) is 0. The van der Waals surface area contributed by atoms with Gasteiger partial charge in [-0.2, -0.15) is 4.31 Å². The molecular formula is C20H22N2O5S. The van der Waals surface area contributed by atoms with E-state index < -0.39 is 15.8 Å². The van der Waals surface area contributed by atoms with Crippen LogP contribution in [-0.4, -0.2) is 30.4 Å². The number of sulfonamides is 1. The molecule has 8 heteroatoms. The highest BCUT2D eigenvalue weighted by molar-refractivity contribution is 7.89. The Hall–Kier alpha value is -2.58. The number of aryl methyl sites for hydroxylation is 1. The van der Waals surface area contributed by atoms with Crippen molar-refractivity contribution in [2.75, 3.05) is 13.2 Å². The number of hydrogen-bond acceptors (Lipinski definition) is 5. The second kappa shape index (κ2) is 7.10. The topological polar surface area (TPSA) is 81.8 Å². The van der Waals surface area contributed by atoms with Gasteiger partial charge >= 0.3 is 5.76 Å². The minimum absolute atomic E-state index is 0.132. The van der Waals surface area contributed by atoms with Crippen LogP contribution in [0.5, 0.6) is 5.75 Å². The molecule has 1 saturated heterocycles. The van der Waals surface area contributed by atoms with Crippen molar-refractivity contribution in [3.05, 3.63) is 58.6 Å². The number of ether oxygens (including phenoxy) is 1. The highest BCUT2D eigenvalue weighted by atomic mass is 32.2. The zero-order valence-electron chi connectivity index (χ0n) is 15.8. The van der Waals surface area contributed by atoms with Gasteiger partial charge in [0.25, 0.3) is 0 Å². The molecule has 0 aliphatic carbocycles. The molecule has 4 rings (SSSR count). The summed E-state index contributed by atoms with van der Waals surface area (Å²) < 4.78 is 40.1. The predicted octanol–water partition coefficient (Wildman–Crippen LogP) is 3.06. The smallest absolute Gasteiger partial charge is 0.419 e. The third kappa shape index (κ3) is 3.12. The van der Waals surface area contributed by atoms with Crippen LogP contribution in [0.4, 0.5) is 0 Å². The third-order valence-corrected chi connectivity index (χ3v) is 7.05. The number of rotatable bonds is 5. The molecule has 0 radical (unpaired) electrons. The number of fused-ring (bicyclic) bond motifs is 1. The van der Waals surface area contributed by atoms with Crippen LogP contribution in [0, 0.1) is 0 Å². The molecule has 7 nitrogen and oxygen atoms in total. The van der Waals surface area contributed by atoms with Gasteiger partial charge in [-0.1, -0.05) is 12.1 Å². The Morgan fingerprint density at radius 2 is 1.93 bits per heavy atom. The lowest BCUT2D eigenvalue weighted by molar-refractivity contribution is 0.339. The van der Waals surface area contributed by atoms with Gasteiger partial charge in [0.05, 0.1) is 23.1 Å². The molecule has 1 fully saturated rings. The van der Waals surface area contributed by atoms with E-state index in [0.717, 1.165) is 24.2 Å². The van der Waals surface area contributed by atoms with Gasteiger partial charge in [0, 0.05) is 19.7 Å². The van der Waals surface area contributed by atoms with E-state index in [1.165, 1.54) is 21.0 Å². The summed E-state index contributed by atoms with van der Waals surface area (Å²) in [4.78, 5) is 11.8. The van der Waals surface area contributed by atoms with Gasteiger partial charge in [0.2, 0.25) is 10.0 Å². The van der Waals surface area contributed by atoms with E-state index in [1.807, 2.05) is 31.2 Å². The van der Waals surface area contributed by atoms with E-state index in [9.17, 15) is 13.2 Å². The van der Waals surface area contributed by atoms with Crippen molar-refractivity contribution < 1.29 is 17.6 Å². The molecule has 0 saturated carbocycles. The average molecular weight is 402 g/mol. The average Bonchev–Trinajstić information content (AvgIpc) is 3.28. The molecule has 28 heavy (non-hydrogen) atoms. The Morgan fingerprint density at radius 3 is 2.64 bits per heavy atom. The minimum atomic E-state index is -3.72. The van der Waals surface area contributed by atoms with E-state index in [-0.39, 0.29) is 16.5 Å². The van der Waals surface area contributed by atoms with Gasteiger partial charge in [-0.05, 0) is 49.6 Å². The largest absolute Gasteiger partial charge is 0.494 e. The minimum Gasteiger partial charge on any atom is -0.494 e. The van der Waals surface area contributed by atoms with E-state index >= 15 is 0 Å². The van der Waals surface area contributed by atoms with Crippen molar-refractivity contribution in [2.45, 2.75) is 30.7 Å². The van der Waals surface area contributed by atoms with E-state index in [1.54, 1.807) is 13.1 Å². The fraction of sp³-hybridized carbons (Fsp3) is 0.350. The summed E-state index contributed by atoms with van der Waals surface area (Å²) in [6, 6.07) is 11.9. The zero-order chi connectivity index (χ0) is 19.9. The Morgan fingerprint density at radius 1 is 1.18 bits per heavy atom. The van der Waals surface area contributed by atoms with Crippen LogP contribution in [0.3, 0.4) is 0 Å². The highest BCUT2D eigenvalue weighted by Gasteiger charge is 2.36. The molecule has 0 bridgehead atoms. The molecule has 148 valence electrons. The maximum atomic E-state index is 13.3. The monoisotopic (exact) mass is 402 g/mol. The molecule has 1 aromatic heterocycles. The van der Waals surface area contributed by atoms with Gasteiger partial charge in [-0.3, -0.25) is 4.57 Å². The van der Waals surface area contributed by atoms with Crippen LogP contribution in [0.1, 0.15) is 31.4 Å². The summed E-state index contributed by atoms with van der Waals surface area (Å²) >= 11 is 0. The predicted molar refractivity (Wildman–Crippen MR) is 105 cm³/mol. The van der Waals surface area contributed by atoms with Crippen molar-refractivity contribution >= 4 is 21.1 Å². The summed E-state index contributed by atoms with van der Waals surface area (Å²) in [7, 11) is -2.13. The summed E-state index contributed by atoms with van der Waals surface area (Å²) in [6.07, 6.45) is 1.55. The normalized spacial score (nSPS) is 18.0. The summed E-state index contributed by atoms with van der Waals surface area (Å²) in [5.41, 5.74) is 1.77. The zero-order valence-corrected chi connectivity index (χ0v) is 16.6. The molecule has 1 unspecified atom stereocenters. The molecule has 0 N–H and O–H groups in total. The second-order valence-electron chi connectivity index (χ2n) is 6.83. The molecule has 3 aromatic rings. The lowest BCUT2D eigenvalue weighted by Gasteiger charge is -2.24. The number of aromatic nitrogens is 1. The van der Waals surface area contributed by atoms with Crippen molar-refractivity contribution in [1.82, 2.24) is 8.87 Å². The van der Waals surface area contributed by atoms with Crippen molar-refractivity contribution in [3.8, 4) is 5.75 Å². The van der Waals surface area contributed by atoms with Crippen LogP contribution in [0.25, 0.3) is 11.1 Å². The molecule has 0 amide bonds. The van der Waals surface area contributed by atoms with Crippen LogP contribution < -0.4 is 10.5 Å². The molecule has 0 spiro atoms. The molecule has 1 aliphatic rings. The quantitative estimate of drug-likeness (QED) is 0.655. The molecule has 2 aromatic carbocycles. The summed E-state index contributed by atoms with van der Waals surface area (Å²) in [6.45, 7) is 2.96. The number of oxazole rings is 1. The first-order chi connectivity index (χ1) is 13.4. The fourth-order valence-corrected chi connectivity index (χ4v) is 5.42. The van der Waals surface area contributed by atoms with E-state index in [2.05, 4.69) is 0 Å². The standard InChI is InChI=1S/C20H22N2O5S/c1-3-26-15-8-6-14(7-9-15)17-5-4-12-22(17)28(24,25)16-10-11-18-19(13-16)27-20(23)21(18)2/h6-11,13,17H,3-5,12H2,1-2H3. The van der Waals surface area contributed by atoms with Gasteiger partial charge < -0.3 is 9.15 Å². The van der Waals surface area contributed by atoms with Crippen LogP contribution in [-0.2, 0) is 17.1 Å². The third-order valence-electron chi connectivity index (χ3n) is 5.15. The van der Waals surface area contributed by atoms with E-state index in [0.29, 0.717) is 18.7 Å². The summed E-state index contributed by atoms with van der Waals surface area (Å²) in [5.74, 6) is 0.251. The van der Waals surface area contributed by atoms with Crippen molar-refractivity contribution in [1.29, 1.82) is 0 Å². The lowest BCUT2D eigenvalue weighted by atomic mass is 10.1. The number of benzene rings is 2. The Kier molecular flexibility index (Phi) is 4.76. The van der Waals surface area contributed by atoms with Crippen molar-refractivity contribution in [3.63, 3.8) is 0 Å². The first-order valence-electron chi connectivity index (χ1n) is 9.26. The molecule has 1 aliphatic heterocycles. The Labute approximate surface area is 163 Å². The second-order valence-corrected chi connectivity index (χ2v) is 8.72. The SMILES string of the molecule is CCOc1ccc(C2CCCN2S(=O)(=O)c2ccc3c(c2)oc(=O)n3C)cc1. The summed E-state index contributed by atoms with van der Waals surface area (Å²) in [5, 5.41) is 0. The highest BCUT2D eigenvalue weighted by Crippen LogP contribution is 2.37. The Bertz CT molecular complexity index is 1160. The van der Waals surface area contributed by atoms with Crippen LogP contribution in [0.2, 0.25) is 0 Å². The van der Waals surface area contributed by atoms with Gasteiger partial charge in [-0.25, -0.2) is 13.2 Å². The van der Waals surface area contributed by atoms with Gasteiger partial charge in [0.15, 0.2) is 5.58 Å². The maximum Gasteiger partial charge on any atom is 0.419 e.